The van der Waals surface area contributed by atoms with E-state index in [0.29, 0.717) is 12.0 Å². The van der Waals surface area contributed by atoms with Gasteiger partial charge in [-0.05, 0) is 24.3 Å². The van der Waals surface area contributed by atoms with Gasteiger partial charge in [0, 0.05) is 4.47 Å². The lowest BCUT2D eigenvalue weighted by atomic mass is 10.3. The number of carbonyl (C=O) groups excluding carboxylic acids is 1. The van der Waals surface area contributed by atoms with E-state index in [1.54, 1.807) is 17.1 Å². The molecule has 0 saturated carbocycles. The largest absolute Gasteiger partial charge is 0.483 e. The molecule has 4 nitrogen and oxygen atoms in total. The van der Waals surface area contributed by atoms with Gasteiger partial charge in [0.15, 0.2) is 12.0 Å². The fraction of sp³-hybridized carbons (Fsp3) is 0.0909. The molecule has 0 atom stereocenters. The van der Waals surface area contributed by atoms with Crippen LogP contribution in [0.4, 0.5) is 0 Å². The lowest BCUT2D eigenvalue weighted by Crippen LogP contribution is -1.96. The van der Waals surface area contributed by atoms with Gasteiger partial charge in [0.05, 0.1) is 18.1 Å². The predicted molar refractivity (Wildman–Crippen MR) is 62.8 cm³/mol. The van der Waals surface area contributed by atoms with E-state index < -0.39 is 0 Å². The molecule has 0 aliphatic rings. The van der Waals surface area contributed by atoms with Crippen LogP contribution in [0.25, 0.3) is 5.69 Å². The van der Waals surface area contributed by atoms with Crippen LogP contribution in [0, 0.1) is 0 Å². The van der Waals surface area contributed by atoms with Crippen LogP contribution >= 0.6 is 15.9 Å². The first kappa shape index (κ1) is 10.9. The summed E-state index contributed by atoms with van der Waals surface area (Å²) in [7, 11) is 0. The molecule has 16 heavy (non-hydrogen) atoms. The smallest absolute Gasteiger partial charge is 0.158 e. The number of ether oxygens (including phenoxy) is 1. The first-order valence-electron chi connectivity index (χ1n) is 4.66. The summed E-state index contributed by atoms with van der Waals surface area (Å²) in [6, 6.07) is 7.73. The summed E-state index contributed by atoms with van der Waals surface area (Å²) in [4.78, 5) is 10.1. The lowest BCUT2D eigenvalue weighted by Gasteiger charge is -2.00. The number of rotatable bonds is 4. The highest BCUT2D eigenvalue weighted by Gasteiger charge is 2.01. The van der Waals surface area contributed by atoms with Crippen molar-refractivity contribution >= 4 is 22.2 Å². The van der Waals surface area contributed by atoms with Crippen LogP contribution in [0.3, 0.4) is 0 Å². The van der Waals surface area contributed by atoms with Crippen LogP contribution in [0.2, 0.25) is 0 Å². The van der Waals surface area contributed by atoms with E-state index in [9.17, 15) is 4.79 Å². The third-order valence-corrected chi connectivity index (χ3v) is 2.50. The third-order valence-electron chi connectivity index (χ3n) is 1.97. The van der Waals surface area contributed by atoms with E-state index in [4.69, 9.17) is 4.74 Å². The Morgan fingerprint density at radius 2 is 2.12 bits per heavy atom. The van der Waals surface area contributed by atoms with Crippen LogP contribution in [0.5, 0.6) is 5.75 Å². The van der Waals surface area contributed by atoms with Crippen LogP contribution in [-0.4, -0.2) is 22.7 Å². The van der Waals surface area contributed by atoms with E-state index in [0.717, 1.165) is 10.2 Å². The third kappa shape index (κ3) is 2.49. The van der Waals surface area contributed by atoms with Crippen molar-refractivity contribution in [3.63, 3.8) is 0 Å². The SMILES string of the molecule is O=CCOc1cnn(-c2ccc(Br)cc2)c1. The fourth-order valence-electron chi connectivity index (χ4n) is 1.25. The molecule has 1 heterocycles. The summed E-state index contributed by atoms with van der Waals surface area (Å²) in [5, 5.41) is 4.13. The molecule has 0 bridgehead atoms. The number of benzene rings is 1. The van der Waals surface area contributed by atoms with E-state index in [1.807, 2.05) is 24.3 Å². The number of nitrogens with zero attached hydrogens (tertiary/aromatic N) is 2. The zero-order valence-corrected chi connectivity index (χ0v) is 9.92. The molecule has 0 N–H and O–H groups in total. The number of aldehydes is 1. The Balaban J connectivity index is 2.17. The minimum atomic E-state index is 0.0476. The summed E-state index contributed by atoms with van der Waals surface area (Å²) in [6.07, 6.45) is 4.01. The summed E-state index contributed by atoms with van der Waals surface area (Å²) in [5.41, 5.74) is 0.934. The van der Waals surface area contributed by atoms with Gasteiger partial charge in [-0.2, -0.15) is 5.10 Å². The highest BCUT2D eigenvalue weighted by atomic mass is 79.9. The lowest BCUT2D eigenvalue weighted by molar-refractivity contribution is -0.109. The first-order chi connectivity index (χ1) is 7.79. The van der Waals surface area contributed by atoms with E-state index >= 15 is 0 Å². The minimum Gasteiger partial charge on any atom is -0.483 e. The van der Waals surface area contributed by atoms with Crippen molar-refractivity contribution < 1.29 is 9.53 Å². The van der Waals surface area contributed by atoms with Crippen molar-refractivity contribution in [1.82, 2.24) is 9.78 Å². The highest BCUT2D eigenvalue weighted by Crippen LogP contribution is 2.16. The number of halogens is 1. The number of aromatic nitrogens is 2. The maximum atomic E-state index is 10.1. The molecule has 0 radical (unpaired) electrons. The first-order valence-corrected chi connectivity index (χ1v) is 5.46. The molecule has 0 unspecified atom stereocenters. The van der Waals surface area contributed by atoms with Gasteiger partial charge in [-0.1, -0.05) is 15.9 Å². The number of hydrogen-bond donors (Lipinski definition) is 0. The van der Waals surface area contributed by atoms with E-state index in [-0.39, 0.29) is 6.61 Å². The Morgan fingerprint density at radius 1 is 1.38 bits per heavy atom. The topological polar surface area (TPSA) is 44.1 Å². The second-order valence-electron chi connectivity index (χ2n) is 3.07. The standard InChI is InChI=1S/C11H9BrN2O2/c12-9-1-3-10(4-2-9)14-8-11(7-13-14)16-6-5-15/h1-5,7-8H,6H2. The van der Waals surface area contributed by atoms with Crippen molar-refractivity contribution in [2.75, 3.05) is 6.61 Å². The van der Waals surface area contributed by atoms with Gasteiger partial charge in [-0.3, -0.25) is 4.79 Å². The maximum Gasteiger partial charge on any atom is 0.158 e. The second kappa shape index (κ2) is 4.94. The van der Waals surface area contributed by atoms with Crippen molar-refractivity contribution in [3.8, 4) is 11.4 Å². The Morgan fingerprint density at radius 3 is 2.81 bits per heavy atom. The highest BCUT2D eigenvalue weighted by molar-refractivity contribution is 9.10. The predicted octanol–water partition coefficient (Wildman–Crippen LogP) is 2.21. The molecule has 1 aromatic carbocycles. The van der Waals surface area contributed by atoms with Gasteiger partial charge in [-0.25, -0.2) is 4.68 Å². The van der Waals surface area contributed by atoms with Gasteiger partial charge in [0.25, 0.3) is 0 Å². The van der Waals surface area contributed by atoms with Gasteiger partial charge >= 0.3 is 0 Å². The van der Waals surface area contributed by atoms with Crippen molar-refractivity contribution in [2.45, 2.75) is 0 Å². The second-order valence-corrected chi connectivity index (χ2v) is 3.99. The molecular weight excluding hydrogens is 272 g/mol. The molecule has 0 aliphatic carbocycles. The van der Waals surface area contributed by atoms with E-state index in [2.05, 4.69) is 21.0 Å². The molecule has 1 aromatic heterocycles. The Hall–Kier alpha value is -1.62. The molecule has 0 aliphatic heterocycles. The van der Waals surface area contributed by atoms with Gasteiger partial charge in [0.2, 0.25) is 0 Å². The Bertz CT molecular complexity index is 479. The molecule has 0 amide bonds. The van der Waals surface area contributed by atoms with Crippen LogP contribution in [0.1, 0.15) is 0 Å². The van der Waals surface area contributed by atoms with Crippen molar-refractivity contribution in [3.05, 3.63) is 41.1 Å². The van der Waals surface area contributed by atoms with Gasteiger partial charge < -0.3 is 4.74 Å². The maximum absolute atomic E-state index is 10.1. The van der Waals surface area contributed by atoms with Crippen molar-refractivity contribution in [1.29, 1.82) is 0 Å². The molecular formula is C11H9BrN2O2. The van der Waals surface area contributed by atoms with Gasteiger partial charge in [0.1, 0.15) is 6.61 Å². The zero-order chi connectivity index (χ0) is 11.4. The number of carbonyl (C=O) groups is 1. The van der Waals surface area contributed by atoms with Gasteiger partial charge in [-0.15, -0.1) is 0 Å². The normalized spacial score (nSPS) is 10.1. The van der Waals surface area contributed by atoms with Crippen LogP contribution in [-0.2, 0) is 4.79 Å². The average molecular weight is 281 g/mol. The molecule has 5 heteroatoms. The zero-order valence-electron chi connectivity index (χ0n) is 8.34. The molecule has 0 fully saturated rings. The fourth-order valence-corrected chi connectivity index (χ4v) is 1.51. The summed E-state index contributed by atoms with van der Waals surface area (Å²) < 4.78 is 7.82. The monoisotopic (exact) mass is 280 g/mol. The number of hydrogen-bond acceptors (Lipinski definition) is 3. The van der Waals surface area contributed by atoms with Crippen LogP contribution in [0.15, 0.2) is 41.1 Å². The summed E-state index contributed by atoms with van der Waals surface area (Å²) in [6.45, 7) is 0.0476. The summed E-state index contributed by atoms with van der Waals surface area (Å²) >= 11 is 3.36. The van der Waals surface area contributed by atoms with Crippen molar-refractivity contribution in [2.24, 2.45) is 0 Å². The Labute approximate surface area is 101 Å². The quantitative estimate of drug-likeness (QED) is 0.807. The molecule has 2 rings (SSSR count). The molecule has 0 saturated heterocycles. The minimum absolute atomic E-state index is 0.0476. The Kier molecular flexibility index (Phi) is 3.36. The molecule has 82 valence electrons. The van der Waals surface area contributed by atoms with E-state index in [1.165, 1.54) is 0 Å². The summed E-state index contributed by atoms with van der Waals surface area (Å²) in [5.74, 6) is 0.579. The molecule has 2 aromatic rings. The molecule has 0 spiro atoms. The average Bonchev–Trinajstić information content (AvgIpc) is 2.76. The van der Waals surface area contributed by atoms with Crippen LogP contribution < -0.4 is 4.74 Å².